The molecule has 0 unspecified atom stereocenters. The number of carboxylic acid groups (broad SMARTS) is 1. The van der Waals surface area contributed by atoms with E-state index in [1.54, 1.807) is 0 Å². The summed E-state index contributed by atoms with van der Waals surface area (Å²) in [7, 11) is 0. The van der Waals surface area contributed by atoms with Crippen LogP contribution in [0.4, 0.5) is 4.79 Å². The van der Waals surface area contributed by atoms with Crippen LogP contribution in [-0.2, 0) is 20.9 Å². The van der Waals surface area contributed by atoms with Crippen molar-refractivity contribution >= 4 is 18.0 Å². The Morgan fingerprint density at radius 1 is 0.895 bits per heavy atom. The van der Waals surface area contributed by atoms with Crippen molar-refractivity contribution in [3.63, 3.8) is 0 Å². The van der Waals surface area contributed by atoms with Crippen LogP contribution in [-0.4, -0.2) is 47.2 Å². The molecule has 198 valence electrons. The molecule has 7 nitrogen and oxygen atoms in total. The largest absolute Gasteiger partial charge is 0.481 e. The Kier molecular flexibility index (Phi) is 8.15. The van der Waals surface area contributed by atoms with Crippen LogP contribution in [0.25, 0.3) is 11.1 Å². The van der Waals surface area contributed by atoms with E-state index in [0.717, 1.165) is 27.8 Å². The van der Waals surface area contributed by atoms with E-state index in [2.05, 4.69) is 17.4 Å². The van der Waals surface area contributed by atoms with Crippen LogP contribution in [0, 0.1) is 5.41 Å². The van der Waals surface area contributed by atoms with E-state index in [9.17, 15) is 19.5 Å². The average Bonchev–Trinajstić information content (AvgIpc) is 3.21. The maximum absolute atomic E-state index is 13.7. The van der Waals surface area contributed by atoms with Gasteiger partial charge in [-0.15, -0.1) is 0 Å². The third-order valence-corrected chi connectivity index (χ3v) is 6.84. The molecule has 0 bridgehead atoms. The lowest BCUT2D eigenvalue weighted by atomic mass is 9.85. The van der Waals surface area contributed by atoms with Gasteiger partial charge in [0, 0.05) is 19.0 Å². The summed E-state index contributed by atoms with van der Waals surface area (Å²) in [6, 6.07) is 24.7. The van der Waals surface area contributed by atoms with Crippen molar-refractivity contribution in [2.75, 3.05) is 13.2 Å². The lowest BCUT2D eigenvalue weighted by Gasteiger charge is -2.34. The molecule has 0 aliphatic heterocycles. The van der Waals surface area contributed by atoms with E-state index in [4.69, 9.17) is 4.74 Å². The predicted octanol–water partition coefficient (Wildman–Crippen LogP) is 5.44. The molecule has 0 saturated heterocycles. The van der Waals surface area contributed by atoms with Crippen LogP contribution >= 0.6 is 0 Å². The molecule has 0 saturated carbocycles. The van der Waals surface area contributed by atoms with Gasteiger partial charge < -0.3 is 20.1 Å². The first-order valence-corrected chi connectivity index (χ1v) is 12.8. The fourth-order valence-electron chi connectivity index (χ4n) is 4.89. The van der Waals surface area contributed by atoms with Gasteiger partial charge in [-0.25, -0.2) is 4.79 Å². The summed E-state index contributed by atoms with van der Waals surface area (Å²) in [5, 5.41) is 12.0. The van der Waals surface area contributed by atoms with Gasteiger partial charge in [-0.05, 0) is 33.2 Å². The molecule has 2 N–H and O–H groups in total. The maximum Gasteiger partial charge on any atom is 0.407 e. The number of ether oxygens (including phenoxy) is 1. The minimum Gasteiger partial charge on any atom is -0.481 e. The molecule has 4 rings (SSSR count). The molecule has 3 aromatic rings. The van der Waals surface area contributed by atoms with Gasteiger partial charge in [0.15, 0.2) is 0 Å². The van der Waals surface area contributed by atoms with Gasteiger partial charge in [-0.3, -0.25) is 9.59 Å². The molecule has 1 atom stereocenters. The minimum atomic E-state index is -0.993. The highest BCUT2D eigenvalue weighted by Crippen LogP contribution is 2.44. The van der Waals surface area contributed by atoms with Crippen molar-refractivity contribution in [3.8, 4) is 11.1 Å². The molecule has 0 fully saturated rings. The number of rotatable bonds is 9. The van der Waals surface area contributed by atoms with Gasteiger partial charge in [-0.2, -0.15) is 0 Å². The van der Waals surface area contributed by atoms with Crippen LogP contribution in [0.5, 0.6) is 0 Å². The Bertz CT molecular complexity index is 1250. The van der Waals surface area contributed by atoms with Gasteiger partial charge in [0.1, 0.15) is 12.6 Å². The molecular formula is C31H34N2O5. The molecule has 0 aromatic heterocycles. The van der Waals surface area contributed by atoms with E-state index in [1.807, 2.05) is 87.5 Å². The highest BCUT2D eigenvalue weighted by molar-refractivity contribution is 5.87. The number of amides is 2. The Labute approximate surface area is 223 Å². The van der Waals surface area contributed by atoms with Crippen molar-refractivity contribution in [1.82, 2.24) is 10.2 Å². The van der Waals surface area contributed by atoms with Gasteiger partial charge >= 0.3 is 12.1 Å². The van der Waals surface area contributed by atoms with E-state index in [-0.39, 0.29) is 37.9 Å². The van der Waals surface area contributed by atoms with Gasteiger partial charge in [0.25, 0.3) is 0 Å². The first-order chi connectivity index (χ1) is 18.1. The Morgan fingerprint density at radius 2 is 1.45 bits per heavy atom. The zero-order valence-electron chi connectivity index (χ0n) is 22.0. The standard InChI is InChI=1S/C31H34N2O5/c1-31(2,3)28(29(36)33(18-17-27(34)35)19-21-11-5-4-6-12-21)32-30(37)38-20-26-24-15-9-7-13-22(24)23-14-8-10-16-25(23)26/h4-16,26,28H,17-20H2,1-3H3,(H,32,37)(H,34,35)/t28-/m1/s1. The predicted molar refractivity (Wildman–Crippen MR) is 146 cm³/mol. The van der Waals surface area contributed by atoms with E-state index >= 15 is 0 Å². The van der Waals surface area contributed by atoms with Crippen LogP contribution < -0.4 is 5.32 Å². The average molecular weight is 515 g/mol. The van der Waals surface area contributed by atoms with Gasteiger partial charge in [0.2, 0.25) is 5.91 Å². The first-order valence-electron chi connectivity index (χ1n) is 12.8. The number of benzene rings is 3. The number of aliphatic carboxylic acids is 1. The fourth-order valence-corrected chi connectivity index (χ4v) is 4.89. The normalized spacial score (nSPS) is 13.2. The number of nitrogens with zero attached hydrogens (tertiary/aromatic N) is 1. The highest BCUT2D eigenvalue weighted by atomic mass is 16.5. The quantitative estimate of drug-likeness (QED) is 0.396. The fraction of sp³-hybridized carbons (Fsp3) is 0.323. The van der Waals surface area contributed by atoms with Crippen molar-refractivity contribution < 1.29 is 24.2 Å². The lowest BCUT2D eigenvalue weighted by Crippen LogP contribution is -2.55. The number of fused-ring (bicyclic) bond motifs is 3. The number of hydrogen-bond acceptors (Lipinski definition) is 4. The second kappa shape index (κ2) is 11.5. The maximum atomic E-state index is 13.7. The Balaban J connectivity index is 1.48. The monoisotopic (exact) mass is 514 g/mol. The van der Waals surface area contributed by atoms with Crippen LogP contribution in [0.3, 0.4) is 0 Å². The lowest BCUT2D eigenvalue weighted by molar-refractivity contribution is -0.140. The number of carbonyl (C=O) groups is 3. The molecule has 38 heavy (non-hydrogen) atoms. The SMILES string of the molecule is CC(C)(C)[C@H](NC(=O)OCC1c2ccccc2-c2ccccc21)C(=O)N(CCC(=O)O)Cc1ccccc1. The molecule has 1 aliphatic rings. The summed E-state index contributed by atoms with van der Waals surface area (Å²) in [5.41, 5.74) is 4.71. The third kappa shape index (κ3) is 6.22. The second-order valence-corrected chi connectivity index (χ2v) is 10.7. The van der Waals surface area contributed by atoms with Crippen LogP contribution in [0.1, 0.15) is 49.8 Å². The third-order valence-electron chi connectivity index (χ3n) is 6.84. The summed E-state index contributed by atoms with van der Waals surface area (Å²) < 4.78 is 5.70. The molecule has 0 spiro atoms. The Hall–Kier alpha value is -4.13. The number of carbonyl (C=O) groups excluding carboxylic acids is 2. The summed E-state index contributed by atoms with van der Waals surface area (Å²) >= 11 is 0. The van der Waals surface area contributed by atoms with Gasteiger partial charge in [0.05, 0.1) is 6.42 Å². The van der Waals surface area contributed by atoms with E-state index in [0.29, 0.717) is 0 Å². The van der Waals surface area contributed by atoms with Gasteiger partial charge in [-0.1, -0.05) is 99.6 Å². The summed E-state index contributed by atoms with van der Waals surface area (Å²) in [6.45, 7) is 5.98. The van der Waals surface area contributed by atoms with Crippen LogP contribution in [0.2, 0.25) is 0 Å². The number of carboxylic acids is 1. The Morgan fingerprint density at radius 3 is 2.00 bits per heavy atom. The topological polar surface area (TPSA) is 95.9 Å². The zero-order chi connectivity index (χ0) is 27.3. The summed E-state index contributed by atoms with van der Waals surface area (Å²) in [6.07, 6.45) is -0.876. The van der Waals surface area contributed by atoms with E-state index < -0.39 is 23.5 Å². The zero-order valence-corrected chi connectivity index (χ0v) is 22.0. The smallest absolute Gasteiger partial charge is 0.407 e. The first kappa shape index (κ1) is 26.9. The van der Waals surface area contributed by atoms with Crippen LogP contribution in [0.15, 0.2) is 78.9 Å². The minimum absolute atomic E-state index is 0.0298. The number of alkyl carbamates (subject to hydrolysis) is 1. The summed E-state index contributed by atoms with van der Waals surface area (Å²) in [5.74, 6) is -1.44. The summed E-state index contributed by atoms with van der Waals surface area (Å²) in [4.78, 5) is 39.5. The highest BCUT2D eigenvalue weighted by Gasteiger charge is 2.37. The van der Waals surface area contributed by atoms with Crippen molar-refractivity contribution in [2.45, 2.75) is 45.7 Å². The van der Waals surface area contributed by atoms with Crippen molar-refractivity contribution in [3.05, 3.63) is 95.6 Å². The molecule has 3 aromatic carbocycles. The molecule has 2 amide bonds. The molecule has 0 heterocycles. The number of nitrogens with one attached hydrogen (secondary N) is 1. The molecule has 0 radical (unpaired) electrons. The number of hydrogen-bond donors (Lipinski definition) is 2. The van der Waals surface area contributed by atoms with Crippen molar-refractivity contribution in [1.29, 1.82) is 0 Å². The van der Waals surface area contributed by atoms with Crippen molar-refractivity contribution in [2.24, 2.45) is 5.41 Å². The molecule has 1 aliphatic carbocycles. The van der Waals surface area contributed by atoms with E-state index in [1.165, 1.54) is 4.90 Å². The molecule has 7 heteroatoms. The molecular weight excluding hydrogens is 480 g/mol. The second-order valence-electron chi connectivity index (χ2n) is 10.7.